The van der Waals surface area contributed by atoms with Crippen LogP contribution in [0.15, 0.2) is 24.4 Å². The van der Waals surface area contributed by atoms with Gasteiger partial charge < -0.3 is 10.0 Å². The standard InChI is InChI=1S/C17H26N2O2S/c1-16(2,3)17(9-6-11-19(17)15(20)21)13-22-12-8-14-7-4-5-10-18-14/h4-5,7,10H,6,8-9,11-13H2,1-3H3,(H,20,21)/t17-/m1/s1. The largest absolute Gasteiger partial charge is 0.465 e. The van der Waals surface area contributed by atoms with E-state index in [9.17, 15) is 9.90 Å². The molecule has 2 rings (SSSR count). The van der Waals surface area contributed by atoms with Gasteiger partial charge in [0.25, 0.3) is 0 Å². The van der Waals surface area contributed by atoms with Crippen LogP contribution in [-0.2, 0) is 6.42 Å². The van der Waals surface area contributed by atoms with Gasteiger partial charge in [-0.25, -0.2) is 4.79 Å². The van der Waals surface area contributed by atoms with Crippen molar-refractivity contribution in [2.24, 2.45) is 5.41 Å². The summed E-state index contributed by atoms with van der Waals surface area (Å²) in [6.07, 6.45) is 3.89. The minimum atomic E-state index is -0.780. The Bertz CT molecular complexity index is 501. The van der Waals surface area contributed by atoms with Crippen LogP contribution in [0.25, 0.3) is 0 Å². The first-order valence-corrected chi connectivity index (χ1v) is 9.00. The van der Waals surface area contributed by atoms with Gasteiger partial charge in [-0.2, -0.15) is 11.8 Å². The van der Waals surface area contributed by atoms with E-state index in [2.05, 4.69) is 25.8 Å². The Morgan fingerprint density at radius 2 is 2.23 bits per heavy atom. The predicted molar refractivity (Wildman–Crippen MR) is 91.4 cm³/mol. The Balaban J connectivity index is 1.98. The number of hydrogen-bond acceptors (Lipinski definition) is 3. The smallest absolute Gasteiger partial charge is 0.407 e. The molecular weight excluding hydrogens is 296 g/mol. The molecule has 0 aromatic carbocycles. The van der Waals surface area contributed by atoms with E-state index in [1.807, 2.05) is 36.2 Å². The van der Waals surface area contributed by atoms with Crippen LogP contribution < -0.4 is 0 Å². The molecule has 0 aliphatic carbocycles. The van der Waals surface area contributed by atoms with Crippen LogP contribution >= 0.6 is 11.8 Å². The number of likely N-dealkylation sites (tertiary alicyclic amines) is 1. The second-order valence-electron chi connectivity index (χ2n) is 6.94. The molecule has 1 aliphatic rings. The molecule has 0 saturated carbocycles. The first kappa shape index (κ1) is 17.1. The molecular formula is C17H26N2O2S. The molecule has 1 amide bonds. The lowest BCUT2D eigenvalue weighted by molar-refractivity contribution is 0.0478. The molecule has 1 aromatic rings. The van der Waals surface area contributed by atoms with E-state index in [0.29, 0.717) is 6.54 Å². The lowest BCUT2D eigenvalue weighted by Gasteiger charge is -2.47. The quantitative estimate of drug-likeness (QED) is 0.835. The second kappa shape index (κ2) is 6.90. The molecule has 1 saturated heterocycles. The number of hydrogen-bond donors (Lipinski definition) is 1. The fourth-order valence-electron chi connectivity index (χ4n) is 3.27. The number of carboxylic acid groups (broad SMARTS) is 1. The first-order valence-electron chi connectivity index (χ1n) is 7.85. The Labute approximate surface area is 137 Å². The van der Waals surface area contributed by atoms with Crippen LogP contribution in [0.3, 0.4) is 0 Å². The number of carbonyl (C=O) groups is 1. The number of pyridine rings is 1. The molecule has 0 bridgehead atoms. The second-order valence-corrected chi connectivity index (χ2v) is 8.05. The van der Waals surface area contributed by atoms with Gasteiger partial charge in [-0.05, 0) is 42.6 Å². The molecule has 1 aliphatic heterocycles. The van der Waals surface area contributed by atoms with Crippen molar-refractivity contribution >= 4 is 17.9 Å². The Morgan fingerprint density at radius 3 is 2.82 bits per heavy atom. The van der Waals surface area contributed by atoms with Crippen molar-refractivity contribution in [2.45, 2.75) is 45.6 Å². The van der Waals surface area contributed by atoms with Gasteiger partial charge >= 0.3 is 6.09 Å². The molecule has 0 radical (unpaired) electrons. The SMILES string of the molecule is CC(C)(C)[C@]1(CSCCc2ccccn2)CCCN1C(=O)O. The molecule has 122 valence electrons. The van der Waals surface area contributed by atoms with Crippen LogP contribution in [0.5, 0.6) is 0 Å². The lowest BCUT2D eigenvalue weighted by Crippen LogP contribution is -2.57. The van der Waals surface area contributed by atoms with Crippen molar-refractivity contribution in [3.63, 3.8) is 0 Å². The summed E-state index contributed by atoms with van der Waals surface area (Å²) >= 11 is 1.85. The monoisotopic (exact) mass is 322 g/mol. The summed E-state index contributed by atoms with van der Waals surface area (Å²) in [6, 6.07) is 5.97. The summed E-state index contributed by atoms with van der Waals surface area (Å²) in [5.74, 6) is 1.83. The van der Waals surface area contributed by atoms with Gasteiger partial charge in [0, 0.05) is 24.2 Å². The van der Waals surface area contributed by atoms with Gasteiger partial charge in [-0.1, -0.05) is 26.8 Å². The van der Waals surface area contributed by atoms with Crippen LogP contribution in [0.1, 0.15) is 39.3 Å². The van der Waals surface area contributed by atoms with Gasteiger partial charge in [-0.15, -0.1) is 0 Å². The third-order valence-electron chi connectivity index (χ3n) is 4.69. The molecule has 1 fully saturated rings. The summed E-state index contributed by atoms with van der Waals surface area (Å²) in [5.41, 5.74) is 0.786. The number of nitrogens with zero attached hydrogens (tertiary/aromatic N) is 2. The lowest BCUT2D eigenvalue weighted by atomic mass is 9.73. The van der Waals surface area contributed by atoms with E-state index in [-0.39, 0.29) is 11.0 Å². The number of aromatic nitrogens is 1. The van der Waals surface area contributed by atoms with Crippen molar-refractivity contribution in [2.75, 3.05) is 18.1 Å². The maximum atomic E-state index is 11.6. The third kappa shape index (κ3) is 3.57. The minimum absolute atomic E-state index is 0.0557. The van der Waals surface area contributed by atoms with Crippen LogP contribution in [0.4, 0.5) is 4.79 Å². The van der Waals surface area contributed by atoms with Gasteiger partial charge in [-0.3, -0.25) is 4.98 Å². The Kier molecular flexibility index (Phi) is 5.37. The fourth-order valence-corrected chi connectivity index (χ4v) is 4.84. The highest BCUT2D eigenvalue weighted by Gasteiger charge is 2.51. The van der Waals surface area contributed by atoms with E-state index in [4.69, 9.17) is 0 Å². The zero-order chi connectivity index (χ0) is 16.2. The highest BCUT2D eigenvalue weighted by molar-refractivity contribution is 7.99. The number of thioether (sulfide) groups is 1. The van der Waals surface area contributed by atoms with Crippen LogP contribution in [0, 0.1) is 5.41 Å². The number of aryl methyl sites for hydroxylation is 1. The van der Waals surface area contributed by atoms with Crippen molar-refractivity contribution in [1.29, 1.82) is 0 Å². The molecule has 1 atom stereocenters. The zero-order valence-electron chi connectivity index (χ0n) is 13.7. The third-order valence-corrected chi connectivity index (χ3v) is 5.86. The predicted octanol–water partition coefficient (Wildman–Crippen LogP) is 3.92. The molecule has 1 N–H and O–H groups in total. The van der Waals surface area contributed by atoms with E-state index < -0.39 is 6.09 Å². The molecule has 4 nitrogen and oxygen atoms in total. The average molecular weight is 322 g/mol. The normalized spacial score (nSPS) is 22.0. The summed E-state index contributed by atoms with van der Waals surface area (Å²) in [7, 11) is 0. The van der Waals surface area contributed by atoms with Crippen molar-refractivity contribution < 1.29 is 9.90 Å². The van der Waals surface area contributed by atoms with Gasteiger partial charge in [0.05, 0.1) is 5.54 Å². The first-order chi connectivity index (χ1) is 10.4. The van der Waals surface area contributed by atoms with E-state index in [0.717, 1.165) is 36.5 Å². The zero-order valence-corrected chi connectivity index (χ0v) is 14.5. The van der Waals surface area contributed by atoms with Gasteiger partial charge in [0.2, 0.25) is 0 Å². The van der Waals surface area contributed by atoms with Crippen molar-refractivity contribution in [3.8, 4) is 0 Å². The van der Waals surface area contributed by atoms with Gasteiger partial charge in [0.15, 0.2) is 0 Å². The molecule has 2 heterocycles. The molecule has 5 heteroatoms. The Hall–Kier alpha value is -1.23. The summed E-state index contributed by atoms with van der Waals surface area (Å²) in [6.45, 7) is 7.14. The minimum Gasteiger partial charge on any atom is -0.465 e. The summed E-state index contributed by atoms with van der Waals surface area (Å²) in [4.78, 5) is 17.6. The van der Waals surface area contributed by atoms with Gasteiger partial charge in [0.1, 0.15) is 0 Å². The van der Waals surface area contributed by atoms with E-state index in [1.165, 1.54) is 0 Å². The maximum absolute atomic E-state index is 11.6. The Morgan fingerprint density at radius 1 is 1.45 bits per heavy atom. The highest BCUT2D eigenvalue weighted by Crippen LogP contribution is 2.45. The van der Waals surface area contributed by atoms with Crippen LogP contribution in [0.2, 0.25) is 0 Å². The number of rotatable bonds is 5. The molecule has 0 unspecified atom stereocenters. The summed E-state index contributed by atoms with van der Waals surface area (Å²) < 4.78 is 0. The van der Waals surface area contributed by atoms with Crippen molar-refractivity contribution in [1.82, 2.24) is 9.88 Å². The molecule has 22 heavy (non-hydrogen) atoms. The average Bonchev–Trinajstić information content (AvgIpc) is 2.90. The van der Waals surface area contributed by atoms with E-state index in [1.54, 1.807) is 4.90 Å². The molecule has 1 aromatic heterocycles. The van der Waals surface area contributed by atoms with E-state index >= 15 is 0 Å². The molecule has 0 spiro atoms. The summed E-state index contributed by atoms with van der Waals surface area (Å²) in [5, 5.41) is 9.55. The fraction of sp³-hybridized carbons (Fsp3) is 0.647. The topological polar surface area (TPSA) is 53.4 Å². The highest BCUT2D eigenvalue weighted by atomic mass is 32.2. The number of amides is 1. The van der Waals surface area contributed by atoms with Crippen molar-refractivity contribution in [3.05, 3.63) is 30.1 Å². The van der Waals surface area contributed by atoms with Crippen LogP contribution in [-0.4, -0.2) is 44.7 Å². The maximum Gasteiger partial charge on any atom is 0.407 e.